The lowest BCUT2D eigenvalue weighted by Crippen LogP contribution is -2.36. The Kier molecular flexibility index (Phi) is 3.55. The van der Waals surface area contributed by atoms with E-state index in [1.165, 1.54) is 11.6 Å². The molecule has 0 aromatic heterocycles. The average Bonchev–Trinajstić information content (AvgIpc) is 2.56. The molecule has 2 nitrogen and oxygen atoms in total. The minimum absolute atomic E-state index is 0.0676. The Hall–Kier alpha value is -1.58. The van der Waals surface area contributed by atoms with Gasteiger partial charge in [-0.1, -0.05) is 41.9 Å². The van der Waals surface area contributed by atoms with Crippen molar-refractivity contribution in [1.82, 2.24) is 0 Å². The van der Waals surface area contributed by atoms with Gasteiger partial charge in [-0.3, -0.25) is 0 Å². The van der Waals surface area contributed by atoms with Crippen molar-refractivity contribution in [3.63, 3.8) is 0 Å². The van der Waals surface area contributed by atoms with E-state index >= 15 is 0 Å². The molecule has 114 valence electrons. The first kappa shape index (κ1) is 14.0. The fraction of sp³-hybridized carbons (Fsp3) is 0.333. The number of anilines is 1. The van der Waals surface area contributed by atoms with Gasteiger partial charge in [-0.2, -0.15) is 0 Å². The van der Waals surface area contributed by atoms with E-state index in [1.807, 2.05) is 18.2 Å². The summed E-state index contributed by atoms with van der Waals surface area (Å²) >= 11 is 5.96. The van der Waals surface area contributed by atoms with Gasteiger partial charge in [-0.25, -0.2) is 4.39 Å². The summed E-state index contributed by atoms with van der Waals surface area (Å²) in [5.74, 6) is -0.0717. The van der Waals surface area contributed by atoms with Crippen molar-refractivity contribution in [2.75, 3.05) is 11.9 Å². The summed E-state index contributed by atoms with van der Waals surface area (Å²) in [5.41, 5.74) is 3.00. The first-order valence-corrected chi connectivity index (χ1v) is 8.04. The Morgan fingerprint density at radius 3 is 2.82 bits per heavy atom. The van der Waals surface area contributed by atoms with E-state index in [0.717, 1.165) is 30.7 Å². The van der Waals surface area contributed by atoms with Crippen LogP contribution in [0.25, 0.3) is 0 Å². The van der Waals surface area contributed by atoms with Gasteiger partial charge in [0.05, 0.1) is 17.2 Å². The number of hydrogen-bond donors (Lipinski definition) is 1. The highest BCUT2D eigenvalue weighted by Gasteiger charge is 2.40. The van der Waals surface area contributed by atoms with Crippen molar-refractivity contribution in [2.45, 2.75) is 25.0 Å². The maximum absolute atomic E-state index is 13.9. The van der Waals surface area contributed by atoms with Gasteiger partial charge < -0.3 is 10.1 Å². The highest BCUT2D eigenvalue weighted by atomic mass is 35.5. The van der Waals surface area contributed by atoms with E-state index < -0.39 is 0 Å². The van der Waals surface area contributed by atoms with Crippen LogP contribution in [-0.2, 0) is 4.74 Å². The van der Waals surface area contributed by atoms with E-state index in [0.29, 0.717) is 5.92 Å². The first-order valence-electron chi connectivity index (χ1n) is 7.66. The summed E-state index contributed by atoms with van der Waals surface area (Å²) in [7, 11) is 0. The number of hydrogen-bond acceptors (Lipinski definition) is 2. The maximum atomic E-state index is 13.9. The Labute approximate surface area is 134 Å². The Balaban J connectivity index is 1.81. The van der Waals surface area contributed by atoms with Gasteiger partial charge in [0.2, 0.25) is 0 Å². The molecule has 3 atom stereocenters. The molecule has 2 aliphatic rings. The molecule has 0 spiro atoms. The molecule has 0 amide bonds. The van der Waals surface area contributed by atoms with Crippen LogP contribution >= 0.6 is 11.6 Å². The molecule has 0 aliphatic carbocycles. The van der Waals surface area contributed by atoms with Crippen LogP contribution in [-0.4, -0.2) is 6.61 Å². The number of halogens is 2. The fourth-order valence-electron chi connectivity index (χ4n) is 3.65. The van der Waals surface area contributed by atoms with Crippen LogP contribution < -0.4 is 5.32 Å². The SMILES string of the molecule is Fc1cc2c(cc1Cl)N[C@@H](c1ccccc1)[C@H]1CCCO[C@@H]21. The van der Waals surface area contributed by atoms with Crippen LogP contribution in [0.2, 0.25) is 5.02 Å². The van der Waals surface area contributed by atoms with Crippen LogP contribution in [0.3, 0.4) is 0 Å². The molecule has 0 unspecified atom stereocenters. The van der Waals surface area contributed by atoms with Gasteiger partial charge in [-0.05, 0) is 30.5 Å². The lowest BCUT2D eigenvalue weighted by atomic mass is 9.77. The predicted octanol–water partition coefficient (Wildman–Crippen LogP) is 5.11. The topological polar surface area (TPSA) is 21.3 Å². The second kappa shape index (κ2) is 5.56. The molecule has 4 heteroatoms. The molecule has 2 aliphatic heterocycles. The van der Waals surface area contributed by atoms with Crippen molar-refractivity contribution in [3.8, 4) is 0 Å². The van der Waals surface area contributed by atoms with Crippen LogP contribution in [0, 0.1) is 11.7 Å². The van der Waals surface area contributed by atoms with Crippen molar-refractivity contribution in [1.29, 1.82) is 0 Å². The lowest BCUT2D eigenvalue weighted by Gasteiger charge is -2.43. The van der Waals surface area contributed by atoms with Crippen LogP contribution in [0.15, 0.2) is 42.5 Å². The predicted molar refractivity (Wildman–Crippen MR) is 85.6 cm³/mol. The summed E-state index contributed by atoms with van der Waals surface area (Å²) in [6, 6.07) is 13.7. The third-order valence-electron chi connectivity index (χ3n) is 4.66. The minimum Gasteiger partial charge on any atom is -0.377 e. The highest BCUT2D eigenvalue weighted by Crippen LogP contribution is 2.49. The second-order valence-corrected chi connectivity index (χ2v) is 6.39. The molecule has 1 N–H and O–H groups in total. The summed E-state index contributed by atoms with van der Waals surface area (Å²) in [5, 5.41) is 3.70. The summed E-state index contributed by atoms with van der Waals surface area (Å²) in [4.78, 5) is 0. The van der Waals surface area contributed by atoms with E-state index in [4.69, 9.17) is 16.3 Å². The molecule has 0 saturated carbocycles. The zero-order valence-corrected chi connectivity index (χ0v) is 12.8. The monoisotopic (exact) mass is 317 g/mol. The molecular formula is C18H17ClFNO. The van der Waals surface area contributed by atoms with Gasteiger partial charge in [0.25, 0.3) is 0 Å². The first-order chi connectivity index (χ1) is 10.7. The quantitative estimate of drug-likeness (QED) is 0.788. The molecule has 22 heavy (non-hydrogen) atoms. The summed E-state index contributed by atoms with van der Waals surface area (Å²) in [6.45, 7) is 0.729. The van der Waals surface area contributed by atoms with Crippen molar-refractivity contribution in [2.24, 2.45) is 5.92 Å². The molecule has 1 saturated heterocycles. The molecule has 2 heterocycles. The molecular weight excluding hydrogens is 301 g/mol. The van der Waals surface area contributed by atoms with E-state index in [9.17, 15) is 4.39 Å². The zero-order valence-electron chi connectivity index (χ0n) is 12.1. The number of ether oxygens (including phenoxy) is 1. The summed E-state index contributed by atoms with van der Waals surface area (Å²) in [6.07, 6.45) is 2.04. The van der Waals surface area contributed by atoms with E-state index in [1.54, 1.807) is 6.07 Å². The molecule has 4 rings (SSSR count). The van der Waals surface area contributed by atoms with Gasteiger partial charge in [0.1, 0.15) is 5.82 Å². The van der Waals surface area contributed by atoms with E-state index in [2.05, 4.69) is 17.4 Å². The van der Waals surface area contributed by atoms with Crippen molar-refractivity contribution in [3.05, 3.63) is 64.4 Å². The number of rotatable bonds is 1. The maximum Gasteiger partial charge on any atom is 0.142 e. The standard InChI is InChI=1S/C18H17ClFNO/c19-14-10-16-13(9-15(14)20)18-12(7-4-8-22-18)17(21-16)11-5-2-1-3-6-11/h1-3,5-6,9-10,12,17-18,21H,4,7-8H2/t12-,17+,18-/m1/s1. The average molecular weight is 318 g/mol. The van der Waals surface area contributed by atoms with E-state index in [-0.39, 0.29) is 23.0 Å². The zero-order chi connectivity index (χ0) is 15.1. The molecule has 0 bridgehead atoms. The Morgan fingerprint density at radius 2 is 2.00 bits per heavy atom. The number of nitrogens with one attached hydrogen (secondary N) is 1. The van der Waals surface area contributed by atoms with Gasteiger partial charge in [0.15, 0.2) is 0 Å². The normalized spacial score (nSPS) is 26.7. The van der Waals surface area contributed by atoms with Crippen molar-refractivity contribution < 1.29 is 9.13 Å². The molecule has 0 radical (unpaired) electrons. The van der Waals surface area contributed by atoms with Gasteiger partial charge in [-0.15, -0.1) is 0 Å². The van der Waals surface area contributed by atoms with Gasteiger partial charge >= 0.3 is 0 Å². The molecule has 2 aromatic rings. The third kappa shape index (κ3) is 2.29. The summed E-state index contributed by atoms with van der Waals surface area (Å²) < 4.78 is 19.9. The van der Waals surface area contributed by atoms with Crippen LogP contribution in [0.5, 0.6) is 0 Å². The largest absolute Gasteiger partial charge is 0.377 e. The number of benzene rings is 2. The second-order valence-electron chi connectivity index (χ2n) is 5.98. The third-order valence-corrected chi connectivity index (χ3v) is 4.95. The molecule has 1 fully saturated rings. The smallest absolute Gasteiger partial charge is 0.142 e. The fourth-order valence-corrected chi connectivity index (χ4v) is 3.82. The Morgan fingerprint density at radius 1 is 1.18 bits per heavy atom. The lowest BCUT2D eigenvalue weighted by molar-refractivity contribution is -0.0382. The highest BCUT2D eigenvalue weighted by molar-refractivity contribution is 6.31. The molecule has 2 aromatic carbocycles. The van der Waals surface area contributed by atoms with Crippen LogP contribution in [0.4, 0.5) is 10.1 Å². The number of fused-ring (bicyclic) bond motifs is 3. The van der Waals surface area contributed by atoms with Crippen molar-refractivity contribution >= 4 is 17.3 Å². The minimum atomic E-state index is -0.381. The van der Waals surface area contributed by atoms with Gasteiger partial charge in [0, 0.05) is 23.8 Å². The van der Waals surface area contributed by atoms with Crippen LogP contribution in [0.1, 0.15) is 36.1 Å². The Bertz CT molecular complexity index is 691.